The van der Waals surface area contributed by atoms with E-state index in [9.17, 15) is 0 Å². The van der Waals surface area contributed by atoms with E-state index in [1.807, 2.05) is 0 Å². The van der Waals surface area contributed by atoms with Gasteiger partial charge in [-0.15, -0.1) is 0 Å². The number of piperidine rings is 1. The van der Waals surface area contributed by atoms with E-state index in [0.717, 1.165) is 18.8 Å². The van der Waals surface area contributed by atoms with Crippen LogP contribution >= 0.6 is 0 Å². The third-order valence-electron chi connectivity index (χ3n) is 5.69. The smallest absolute Gasteiger partial charge is 0.127 e. The summed E-state index contributed by atoms with van der Waals surface area (Å²) in [5, 5.41) is 0. The molecule has 1 heterocycles. The number of benzene rings is 2. The monoisotopic (exact) mass is 338 g/mol. The lowest BCUT2D eigenvalue weighted by Crippen LogP contribution is -2.51. The van der Waals surface area contributed by atoms with Gasteiger partial charge in [-0.05, 0) is 50.7 Å². The van der Waals surface area contributed by atoms with E-state index in [1.165, 1.54) is 67.5 Å². The van der Waals surface area contributed by atoms with Gasteiger partial charge in [-0.2, -0.15) is 0 Å². The minimum absolute atomic E-state index is 0.813. The van der Waals surface area contributed by atoms with E-state index < -0.39 is 0 Å². The molecule has 1 fully saturated rings. The zero-order valence-corrected chi connectivity index (χ0v) is 15.6. The van der Waals surface area contributed by atoms with Crippen molar-refractivity contribution >= 4 is 0 Å². The van der Waals surface area contributed by atoms with Crippen LogP contribution in [0.15, 0.2) is 54.6 Å². The Morgan fingerprint density at radius 1 is 0.840 bits per heavy atom. The first-order chi connectivity index (χ1) is 12.3. The van der Waals surface area contributed by atoms with E-state index in [1.54, 1.807) is 0 Å². The average Bonchev–Trinajstić information content (AvgIpc) is 2.69. The Hall–Kier alpha value is -1.80. The number of unbranched alkanes of at least 4 members (excludes halogenated alkanes) is 1. The number of ether oxygens (including phenoxy) is 1. The number of para-hydroxylation sites is 1. The fraction of sp³-hybridized carbons (Fsp3) is 0.478. The topological polar surface area (TPSA) is 9.23 Å². The SMILES string of the molecule is CC[N+]1(CCCCOc2ccccc2-c2ccccc2)CCCCC1. The number of rotatable bonds is 8. The highest BCUT2D eigenvalue weighted by Crippen LogP contribution is 2.29. The summed E-state index contributed by atoms with van der Waals surface area (Å²) in [6.45, 7) is 8.55. The Bertz CT molecular complexity index is 632. The van der Waals surface area contributed by atoms with Crippen molar-refractivity contribution < 1.29 is 9.22 Å². The predicted octanol–water partition coefficient (Wildman–Crippen LogP) is 5.53. The summed E-state index contributed by atoms with van der Waals surface area (Å²) in [5.74, 6) is 1.01. The number of nitrogens with zero attached hydrogens (tertiary/aromatic N) is 1. The molecule has 134 valence electrons. The van der Waals surface area contributed by atoms with E-state index in [4.69, 9.17) is 4.74 Å². The van der Waals surface area contributed by atoms with E-state index >= 15 is 0 Å². The van der Waals surface area contributed by atoms with Crippen molar-refractivity contribution in [3.8, 4) is 16.9 Å². The maximum absolute atomic E-state index is 6.14. The highest BCUT2D eigenvalue weighted by atomic mass is 16.5. The molecule has 1 aliphatic rings. The number of likely N-dealkylation sites (tertiary alicyclic amines) is 1. The molecule has 2 heteroatoms. The molecule has 0 spiro atoms. The summed E-state index contributed by atoms with van der Waals surface area (Å²) < 4.78 is 7.47. The van der Waals surface area contributed by atoms with Gasteiger partial charge in [0, 0.05) is 5.56 Å². The van der Waals surface area contributed by atoms with Crippen LogP contribution in [0.25, 0.3) is 11.1 Å². The molecule has 0 aromatic heterocycles. The molecule has 2 nitrogen and oxygen atoms in total. The van der Waals surface area contributed by atoms with Crippen LogP contribution in [0.4, 0.5) is 0 Å². The Morgan fingerprint density at radius 2 is 1.56 bits per heavy atom. The molecular weight excluding hydrogens is 306 g/mol. The minimum Gasteiger partial charge on any atom is -0.493 e. The third-order valence-corrected chi connectivity index (χ3v) is 5.69. The molecule has 0 radical (unpaired) electrons. The molecule has 1 saturated heterocycles. The van der Waals surface area contributed by atoms with Gasteiger partial charge in [-0.1, -0.05) is 48.5 Å². The molecule has 0 unspecified atom stereocenters. The van der Waals surface area contributed by atoms with Gasteiger partial charge in [-0.3, -0.25) is 0 Å². The van der Waals surface area contributed by atoms with Crippen molar-refractivity contribution in [1.29, 1.82) is 0 Å². The highest BCUT2D eigenvalue weighted by molar-refractivity contribution is 5.70. The summed E-state index contributed by atoms with van der Waals surface area (Å²) in [7, 11) is 0. The lowest BCUT2D eigenvalue weighted by molar-refractivity contribution is -0.931. The van der Waals surface area contributed by atoms with Crippen LogP contribution in [-0.2, 0) is 0 Å². The Balaban J connectivity index is 1.50. The van der Waals surface area contributed by atoms with Crippen molar-refractivity contribution in [3.05, 3.63) is 54.6 Å². The zero-order chi connectivity index (χ0) is 17.4. The molecule has 25 heavy (non-hydrogen) atoms. The van der Waals surface area contributed by atoms with Gasteiger partial charge in [0.15, 0.2) is 0 Å². The van der Waals surface area contributed by atoms with Gasteiger partial charge in [0.1, 0.15) is 5.75 Å². The van der Waals surface area contributed by atoms with Crippen molar-refractivity contribution in [3.63, 3.8) is 0 Å². The highest BCUT2D eigenvalue weighted by Gasteiger charge is 2.26. The fourth-order valence-electron chi connectivity index (χ4n) is 4.06. The van der Waals surface area contributed by atoms with E-state index in [-0.39, 0.29) is 0 Å². The maximum atomic E-state index is 6.14. The number of quaternary nitrogens is 1. The molecule has 0 aliphatic carbocycles. The van der Waals surface area contributed by atoms with Gasteiger partial charge in [0.05, 0.1) is 32.8 Å². The lowest BCUT2D eigenvalue weighted by atomic mass is 10.0. The van der Waals surface area contributed by atoms with Crippen LogP contribution in [0.2, 0.25) is 0 Å². The van der Waals surface area contributed by atoms with Crippen molar-refractivity contribution in [2.45, 2.75) is 39.0 Å². The third kappa shape index (κ3) is 4.85. The van der Waals surface area contributed by atoms with Gasteiger partial charge in [0.25, 0.3) is 0 Å². The number of hydrogen-bond acceptors (Lipinski definition) is 1. The minimum atomic E-state index is 0.813. The van der Waals surface area contributed by atoms with Crippen molar-refractivity contribution in [1.82, 2.24) is 0 Å². The standard InChI is InChI=1S/C23H32NO/c1-2-24(17-9-4-10-18-24)19-11-12-20-25-23-16-8-7-15-22(23)21-13-5-3-6-14-21/h3,5-8,13-16H,2,4,9-12,17-20H2,1H3/q+1. The van der Waals surface area contributed by atoms with Crippen LogP contribution in [0.1, 0.15) is 39.0 Å². The van der Waals surface area contributed by atoms with Crippen molar-refractivity contribution in [2.75, 3.05) is 32.8 Å². The quantitative estimate of drug-likeness (QED) is 0.454. The number of hydrogen-bond donors (Lipinski definition) is 0. The van der Waals surface area contributed by atoms with Gasteiger partial charge >= 0.3 is 0 Å². The first-order valence-electron chi connectivity index (χ1n) is 9.95. The predicted molar refractivity (Wildman–Crippen MR) is 106 cm³/mol. The second kappa shape index (κ2) is 9.05. The molecule has 2 aromatic rings. The lowest BCUT2D eigenvalue weighted by Gasteiger charge is -2.41. The maximum Gasteiger partial charge on any atom is 0.127 e. The van der Waals surface area contributed by atoms with E-state index in [2.05, 4.69) is 61.5 Å². The van der Waals surface area contributed by atoms with Crippen LogP contribution in [0.3, 0.4) is 0 Å². The van der Waals surface area contributed by atoms with Crippen molar-refractivity contribution in [2.24, 2.45) is 0 Å². The summed E-state index contributed by atoms with van der Waals surface area (Å²) in [6.07, 6.45) is 6.66. The molecule has 2 aromatic carbocycles. The largest absolute Gasteiger partial charge is 0.493 e. The molecule has 3 rings (SSSR count). The second-order valence-electron chi connectivity index (χ2n) is 7.31. The molecule has 0 bridgehead atoms. The molecule has 0 saturated carbocycles. The Morgan fingerprint density at radius 3 is 2.32 bits per heavy atom. The Labute approximate surface area is 153 Å². The average molecular weight is 339 g/mol. The second-order valence-corrected chi connectivity index (χ2v) is 7.31. The summed E-state index contributed by atoms with van der Waals surface area (Å²) in [6, 6.07) is 18.9. The fourth-order valence-corrected chi connectivity index (χ4v) is 4.06. The van der Waals surface area contributed by atoms with Crippen LogP contribution in [0, 0.1) is 0 Å². The van der Waals surface area contributed by atoms with Gasteiger partial charge in [0.2, 0.25) is 0 Å². The molecule has 0 N–H and O–H groups in total. The normalized spacial score (nSPS) is 16.5. The Kier molecular flexibility index (Phi) is 6.52. The first-order valence-corrected chi connectivity index (χ1v) is 9.95. The summed E-state index contributed by atoms with van der Waals surface area (Å²) in [4.78, 5) is 0. The van der Waals surface area contributed by atoms with E-state index in [0.29, 0.717) is 0 Å². The molecule has 0 amide bonds. The van der Waals surface area contributed by atoms with Crippen LogP contribution in [-0.4, -0.2) is 37.3 Å². The summed E-state index contributed by atoms with van der Waals surface area (Å²) >= 11 is 0. The molecular formula is C23H32NO+. The first kappa shape index (κ1) is 18.0. The van der Waals surface area contributed by atoms with Gasteiger partial charge in [-0.25, -0.2) is 0 Å². The summed E-state index contributed by atoms with van der Waals surface area (Å²) in [5.41, 5.74) is 2.41. The van der Waals surface area contributed by atoms with Crippen LogP contribution in [0.5, 0.6) is 5.75 Å². The van der Waals surface area contributed by atoms with Gasteiger partial charge < -0.3 is 9.22 Å². The van der Waals surface area contributed by atoms with Crippen LogP contribution < -0.4 is 4.74 Å². The zero-order valence-electron chi connectivity index (χ0n) is 15.6. The molecule has 1 aliphatic heterocycles. The molecule has 0 atom stereocenters.